The Hall–Kier alpha value is -1.35. The molecule has 0 aliphatic carbocycles. The van der Waals surface area contributed by atoms with Crippen LogP contribution in [0.15, 0.2) is 24.5 Å². The number of anilines is 1. The second kappa shape index (κ2) is 2.60. The largest absolute Gasteiger partial charge is 0.397 e. The van der Waals surface area contributed by atoms with Crippen LogP contribution in [0.5, 0.6) is 0 Å². The van der Waals surface area contributed by atoms with Crippen LogP contribution in [0.25, 0.3) is 11.0 Å². The molecule has 0 fully saturated rings. The number of pyridine rings is 2. The van der Waals surface area contributed by atoms with Gasteiger partial charge in [0.15, 0.2) is 5.65 Å². The van der Waals surface area contributed by atoms with Crippen molar-refractivity contribution in [3.8, 4) is 0 Å². The summed E-state index contributed by atoms with van der Waals surface area (Å²) in [7, 11) is 0. The van der Waals surface area contributed by atoms with Crippen molar-refractivity contribution in [1.29, 1.82) is 0 Å². The summed E-state index contributed by atoms with van der Waals surface area (Å²) in [6, 6.07) is 3.65. The third-order valence-electron chi connectivity index (χ3n) is 1.63. The summed E-state index contributed by atoms with van der Waals surface area (Å²) < 4.78 is 0. The number of hydrogen-bond donors (Lipinski definition) is 1. The predicted molar refractivity (Wildman–Crippen MR) is 49.0 cm³/mol. The zero-order valence-electron chi connectivity index (χ0n) is 6.16. The maximum atomic E-state index is 5.77. The van der Waals surface area contributed by atoms with E-state index in [4.69, 9.17) is 17.3 Å². The summed E-state index contributed by atoms with van der Waals surface area (Å²) in [5.41, 5.74) is 6.87. The number of halogens is 1. The molecular weight excluding hydrogens is 174 g/mol. The minimum Gasteiger partial charge on any atom is -0.397 e. The van der Waals surface area contributed by atoms with Crippen molar-refractivity contribution in [1.82, 2.24) is 9.97 Å². The maximum Gasteiger partial charge on any atom is 0.161 e. The van der Waals surface area contributed by atoms with Gasteiger partial charge < -0.3 is 5.73 Å². The van der Waals surface area contributed by atoms with Crippen molar-refractivity contribution >= 4 is 28.3 Å². The van der Waals surface area contributed by atoms with Gasteiger partial charge in [0, 0.05) is 11.6 Å². The van der Waals surface area contributed by atoms with Gasteiger partial charge in [0.2, 0.25) is 0 Å². The standard InChI is InChI=1S/C8H6ClN3/c9-6-4-12-8-5(7(6)10)2-1-3-11-8/h1-4H,(H2,10,11,12). The highest BCUT2D eigenvalue weighted by Crippen LogP contribution is 2.24. The first-order chi connectivity index (χ1) is 5.79. The molecule has 0 aliphatic heterocycles. The molecule has 0 atom stereocenters. The van der Waals surface area contributed by atoms with Gasteiger partial charge in [-0.05, 0) is 12.1 Å². The summed E-state index contributed by atoms with van der Waals surface area (Å²) in [6.07, 6.45) is 3.18. The quantitative estimate of drug-likeness (QED) is 0.672. The summed E-state index contributed by atoms with van der Waals surface area (Å²) in [4.78, 5) is 8.05. The first-order valence-corrected chi connectivity index (χ1v) is 3.81. The van der Waals surface area contributed by atoms with E-state index in [-0.39, 0.29) is 0 Å². The van der Waals surface area contributed by atoms with Crippen LogP contribution in [0.1, 0.15) is 0 Å². The van der Waals surface area contributed by atoms with Crippen LogP contribution in [0, 0.1) is 0 Å². The number of nitrogen functional groups attached to an aromatic ring is 1. The van der Waals surface area contributed by atoms with Crippen molar-refractivity contribution in [2.75, 3.05) is 5.73 Å². The van der Waals surface area contributed by atoms with Gasteiger partial charge in [0.25, 0.3) is 0 Å². The van der Waals surface area contributed by atoms with Crippen LogP contribution < -0.4 is 5.73 Å². The Balaban J connectivity index is 2.91. The topological polar surface area (TPSA) is 51.8 Å². The number of fused-ring (bicyclic) bond motifs is 1. The molecular formula is C8H6ClN3. The van der Waals surface area contributed by atoms with Crippen LogP contribution in [-0.4, -0.2) is 9.97 Å². The number of hydrogen-bond acceptors (Lipinski definition) is 3. The Morgan fingerprint density at radius 1 is 1.33 bits per heavy atom. The zero-order valence-corrected chi connectivity index (χ0v) is 6.92. The third-order valence-corrected chi connectivity index (χ3v) is 1.94. The van der Waals surface area contributed by atoms with Crippen LogP contribution in [0.2, 0.25) is 5.02 Å². The van der Waals surface area contributed by atoms with E-state index in [1.165, 1.54) is 6.20 Å². The Bertz CT molecular complexity index is 428. The Morgan fingerprint density at radius 3 is 3.00 bits per heavy atom. The van der Waals surface area contributed by atoms with Gasteiger partial charge in [-0.25, -0.2) is 9.97 Å². The normalized spacial score (nSPS) is 10.4. The monoisotopic (exact) mass is 179 g/mol. The number of nitrogens with zero attached hydrogens (tertiary/aromatic N) is 2. The van der Waals surface area contributed by atoms with E-state index in [2.05, 4.69) is 9.97 Å². The average molecular weight is 180 g/mol. The van der Waals surface area contributed by atoms with Crippen LogP contribution in [0.4, 0.5) is 5.69 Å². The molecule has 2 N–H and O–H groups in total. The summed E-state index contributed by atoms with van der Waals surface area (Å²) >= 11 is 5.77. The van der Waals surface area contributed by atoms with Gasteiger partial charge in [-0.1, -0.05) is 11.6 Å². The fourth-order valence-corrected chi connectivity index (χ4v) is 1.18. The summed E-state index contributed by atoms with van der Waals surface area (Å²) in [5.74, 6) is 0. The third kappa shape index (κ3) is 0.987. The molecule has 12 heavy (non-hydrogen) atoms. The van der Waals surface area contributed by atoms with E-state index >= 15 is 0 Å². The second-order valence-electron chi connectivity index (χ2n) is 2.39. The number of aromatic nitrogens is 2. The smallest absolute Gasteiger partial charge is 0.161 e. The molecule has 0 unspecified atom stereocenters. The zero-order chi connectivity index (χ0) is 8.55. The van der Waals surface area contributed by atoms with E-state index in [0.29, 0.717) is 16.4 Å². The molecule has 0 saturated heterocycles. The number of rotatable bonds is 0. The fraction of sp³-hybridized carbons (Fsp3) is 0. The molecule has 2 rings (SSSR count). The molecule has 3 nitrogen and oxygen atoms in total. The van der Waals surface area contributed by atoms with Crippen LogP contribution in [0.3, 0.4) is 0 Å². The van der Waals surface area contributed by atoms with E-state index in [1.807, 2.05) is 6.07 Å². The highest BCUT2D eigenvalue weighted by molar-refractivity contribution is 6.34. The van der Waals surface area contributed by atoms with Gasteiger partial charge in [-0.3, -0.25) is 0 Å². The van der Waals surface area contributed by atoms with E-state index in [1.54, 1.807) is 12.3 Å². The molecule has 0 aromatic carbocycles. The first kappa shape index (κ1) is 7.31. The molecule has 0 amide bonds. The lowest BCUT2D eigenvalue weighted by molar-refractivity contribution is 1.29. The van der Waals surface area contributed by atoms with Gasteiger partial charge >= 0.3 is 0 Å². The average Bonchev–Trinajstić information content (AvgIpc) is 2.12. The van der Waals surface area contributed by atoms with Crippen molar-refractivity contribution in [2.45, 2.75) is 0 Å². The predicted octanol–water partition coefficient (Wildman–Crippen LogP) is 1.87. The molecule has 0 spiro atoms. The van der Waals surface area contributed by atoms with Gasteiger partial charge in [-0.2, -0.15) is 0 Å². The van der Waals surface area contributed by atoms with Crippen molar-refractivity contribution in [2.24, 2.45) is 0 Å². The molecule has 0 saturated carbocycles. The van der Waals surface area contributed by atoms with Gasteiger partial charge in [0.1, 0.15) is 0 Å². The van der Waals surface area contributed by atoms with Crippen LogP contribution >= 0.6 is 11.6 Å². The molecule has 2 heterocycles. The Labute approximate surface area is 74.2 Å². The minimum absolute atomic E-state index is 0.468. The lowest BCUT2D eigenvalue weighted by Gasteiger charge is -2.00. The highest BCUT2D eigenvalue weighted by atomic mass is 35.5. The Kier molecular flexibility index (Phi) is 1.59. The molecule has 0 radical (unpaired) electrons. The van der Waals surface area contributed by atoms with Crippen molar-refractivity contribution in [3.05, 3.63) is 29.5 Å². The van der Waals surface area contributed by atoms with E-state index in [0.717, 1.165) is 5.39 Å². The second-order valence-corrected chi connectivity index (χ2v) is 2.80. The lowest BCUT2D eigenvalue weighted by Crippen LogP contribution is -1.91. The number of nitrogens with two attached hydrogens (primary N) is 1. The van der Waals surface area contributed by atoms with E-state index in [9.17, 15) is 0 Å². The molecule has 0 aliphatic rings. The van der Waals surface area contributed by atoms with Gasteiger partial charge in [-0.15, -0.1) is 0 Å². The maximum absolute atomic E-state index is 5.77. The molecule has 60 valence electrons. The van der Waals surface area contributed by atoms with Crippen LogP contribution in [-0.2, 0) is 0 Å². The van der Waals surface area contributed by atoms with Gasteiger partial charge in [0.05, 0.1) is 16.9 Å². The van der Waals surface area contributed by atoms with Crippen molar-refractivity contribution in [3.63, 3.8) is 0 Å². The molecule has 0 bridgehead atoms. The first-order valence-electron chi connectivity index (χ1n) is 3.44. The molecule has 4 heteroatoms. The summed E-state index contributed by atoms with van der Waals surface area (Å²) in [5, 5.41) is 1.26. The van der Waals surface area contributed by atoms with E-state index < -0.39 is 0 Å². The fourth-order valence-electron chi connectivity index (χ4n) is 1.03. The highest BCUT2D eigenvalue weighted by Gasteiger charge is 2.02. The lowest BCUT2D eigenvalue weighted by atomic mass is 10.2. The Morgan fingerprint density at radius 2 is 2.17 bits per heavy atom. The molecule has 2 aromatic heterocycles. The minimum atomic E-state index is 0.468. The molecule has 2 aromatic rings. The summed E-state index contributed by atoms with van der Waals surface area (Å²) in [6.45, 7) is 0. The SMILES string of the molecule is Nc1c(Cl)cnc2ncccc12. The van der Waals surface area contributed by atoms with Crippen molar-refractivity contribution < 1.29 is 0 Å².